The molecule has 0 spiro atoms. The SMILES string of the molecule is Nc1cccc(O)c1C=O. The first-order valence-electron chi connectivity index (χ1n) is 2.78. The van der Waals surface area contributed by atoms with E-state index in [4.69, 9.17) is 10.8 Å². The number of phenols is 1. The standard InChI is InChI=1S/C7H7NO2/c8-6-2-1-3-7(10)5(6)4-9/h1-4,10H,8H2. The summed E-state index contributed by atoms with van der Waals surface area (Å²) in [4.78, 5) is 10.2. The van der Waals surface area contributed by atoms with Crippen molar-refractivity contribution in [2.24, 2.45) is 0 Å². The van der Waals surface area contributed by atoms with Crippen LogP contribution in [0.5, 0.6) is 5.75 Å². The molecule has 0 aliphatic heterocycles. The van der Waals surface area contributed by atoms with Gasteiger partial charge in [-0.3, -0.25) is 4.79 Å². The normalized spacial score (nSPS) is 9.20. The molecule has 3 N–H and O–H groups in total. The van der Waals surface area contributed by atoms with Crippen LogP contribution in [0.3, 0.4) is 0 Å². The van der Waals surface area contributed by atoms with Crippen molar-refractivity contribution in [2.75, 3.05) is 5.73 Å². The molecule has 0 saturated heterocycles. The van der Waals surface area contributed by atoms with Crippen LogP contribution in [0.15, 0.2) is 18.2 Å². The molecule has 1 rings (SSSR count). The molecule has 0 radical (unpaired) electrons. The second kappa shape index (κ2) is 2.39. The molecule has 0 saturated carbocycles. The number of aldehydes is 1. The summed E-state index contributed by atoms with van der Waals surface area (Å²) >= 11 is 0. The smallest absolute Gasteiger partial charge is 0.155 e. The van der Waals surface area contributed by atoms with E-state index in [9.17, 15) is 4.79 Å². The fraction of sp³-hybridized carbons (Fsp3) is 0. The van der Waals surface area contributed by atoms with E-state index in [1.807, 2.05) is 0 Å². The lowest BCUT2D eigenvalue weighted by atomic mass is 10.2. The lowest BCUT2D eigenvalue weighted by Gasteiger charge is -1.98. The van der Waals surface area contributed by atoms with Gasteiger partial charge in [-0.2, -0.15) is 0 Å². The number of nitrogens with two attached hydrogens (primary N) is 1. The molecule has 0 fully saturated rings. The number of hydrogen-bond acceptors (Lipinski definition) is 3. The van der Waals surface area contributed by atoms with Gasteiger partial charge in [-0.1, -0.05) is 6.07 Å². The van der Waals surface area contributed by atoms with Gasteiger partial charge < -0.3 is 10.8 Å². The van der Waals surface area contributed by atoms with Crippen molar-refractivity contribution >= 4 is 12.0 Å². The maximum Gasteiger partial charge on any atom is 0.155 e. The Morgan fingerprint density at radius 3 is 2.60 bits per heavy atom. The molecule has 1 aromatic rings. The molecule has 10 heavy (non-hydrogen) atoms. The third-order valence-corrected chi connectivity index (χ3v) is 1.23. The van der Waals surface area contributed by atoms with Crippen LogP contribution in [0.25, 0.3) is 0 Å². The number of nitrogen functional groups attached to an aromatic ring is 1. The number of hydrogen-bond donors (Lipinski definition) is 2. The Bertz CT molecular complexity index is 238. The highest BCUT2D eigenvalue weighted by atomic mass is 16.3. The molecule has 0 unspecified atom stereocenters. The number of benzene rings is 1. The summed E-state index contributed by atoms with van der Waals surface area (Å²) in [6, 6.07) is 4.56. The van der Waals surface area contributed by atoms with E-state index in [1.165, 1.54) is 6.07 Å². The molecule has 0 bridgehead atoms. The van der Waals surface area contributed by atoms with Crippen molar-refractivity contribution in [3.63, 3.8) is 0 Å². The molecular formula is C7H7NO2. The lowest BCUT2D eigenvalue weighted by molar-refractivity contribution is 0.112. The third kappa shape index (κ3) is 0.932. The van der Waals surface area contributed by atoms with Crippen molar-refractivity contribution in [1.82, 2.24) is 0 Å². The lowest BCUT2D eigenvalue weighted by Crippen LogP contribution is -1.91. The van der Waals surface area contributed by atoms with Gasteiger partial charge in [0.15, 0.2) is 6.29 Å². The van der Waals surface area contributed by atoms with E-state index in [1.54, 1.807) is 12.1 Å². The molecule has 3 heteroatoms. The van der Waals surface area contributed by atoms with Gasteiger partial charge in [-0.15, -0.1) is 0 Å². The van der Waals surface area contributed by atoms with Crippen LogP contribution >= 0.6 is 0 Å². The van der Waals surface area contributed by atoms with E-state index in [2.05, 4.69) is 0 Å². The fourth-order valence-corrected chi connectivity index (χ4v) is 0.699. The number of anilines is 1. The minimum Gasteiger partial charge on any atom is -0.507 e. The Morgan fingerprint density at radius 2 is 2.20 bits per heavy atom. The molecule has 0 atom stereocenters. The number of phenolic OH excluding ortho intramolecular Hbond substituents is 1. The van der Waals surface area contributed by atoms with Crippen molar-refractivity contribution in [2.45, 2.75) is 0 Å². The maximum atomic E-state index is 10.2. The Labute approximate surface area is 58.1 Å². The van der Waals surface area contributed by atoms with E-state index in [0.29, 0.717) is 12.0 Å². The molecule has 1 aromatic carbocycles. The summed E-state index contributed by atoms with van der Waals surface area (Å²) in [5.41, 5.74) is 5.80. The minimum atomic E-state index is -0.0741. The van der Waals surface area contributed by atoms with Gasteiger partial charge in [-0.05, 0) is 12.1 Å². The van der Waals surface area contributed by atoms with Gasteiger partial charge in [0.1, 0.15) is 5.75 Å². The van der Waals surface area contributed by atoms with Crippen molar-refractivity contribution in [3.05, 3.63) is 23.8 Å². The van der Waals surface area contributed by atoms with Crippen molar-refractivity contribution in [3.8, 4) is 5.75 Å². The van der Waals surface area contributed by atoms with Crippen LogP contribution in [0.4, 0.5) is 5.69 Å². The zero-order chi connectivity index (χ0) is 7.56. The summed E-state index contributed by atoms with van der Waals surface area (Å²) in [6.45, 7) is 0. The van der Waals surface area contributed by atoms with Gasteiger partial charge >= 0.3 is 0 Å². The average molecular weight is 137 g/mol. The fourth-order valence-electron chi connectivity index (χ4n) is 0.699. The molecule has 52 valence electrons. The second-order valence-corrected chi connectivity index (χ2v) is 1.90. The first kappa shape index (κ1) is 6.61. The van der Waals surface area contributed by atoms with Crippen LogP contribution in [-0.4, -0.2) is 11.4 Å². The highest BCUT2D eigenvalue weighted by Crippen LogP contribution is 2.19. The molecular weight excluding hydrogens is 130 g/mol. The summed E-state index contributed by atoms with van der Waals surface area (Å²) < 4.78 is 0. The third-order valence-electron chi connectivity index (χ3n) is 1.23. The summed E-state index contributed by atoms with van der Waals surface area (Å²) in [5.74, 6) is -0.0741. The first-order valence-corrected chi connectivity index (χ1v) is 2.78. The highest BCUT2D eigenvalue weighted by Gasteiger charge is 2.00. The van der Waals surface area contributed by atoms with Crippen LogP contribution in [0.2, 0.25) is 0 Å². The molecule has 3 nitrogen and oxygen atoms in total. The minimum absolute atomic E-state index is 0.0741. The quantitative estimate of drug-likeness (QED) is 0.444. The number of carbonyl (C=O) groups is 1. The Morgan fingerprint density at radius 1 is 1.50 bits per heavy atom. The Hall–Kier alpha value is -1.51. The van der Waals surface area contributed by atoms with E-state index in [0.717, 1.165) is 0 Å². The van der Waals surface area contributed by atoms with Gasteiger partial charge in [0.25, 0.3) is 0 Å². The van der Waals surface area contributed by atoms with Gasteiger partial charge in [0.05, 0.1) is 5.56 Å². The van der Waals surface area contributed by atoms with Crippen LogP contribution in [-0.2, 0) is 0 Å². The van der Waals surface area contributed by atoms with Gasteiger partial charge in [-0.25, -0.2) is 0 Å². The summed E-state index contributed by atoms with van der Waals surface area (Å²) in [5, 5.41) is 8.98. The summed E-state index contributed by atoms with van der Waals surface area (Å²) in [6.07, 6.45) is 0.532. The van der Waals surface area contributed by atoms with E-state index >= 15 is 0 Å². The predicted octanol–water partition coefficient (Wildman–Crippen LogP) is 0.787. The number of carbonyl (C=O) groups excluding carboxylic acids is 1. The van der Waals surface area contributed by atoms with Crippen LogP contribution in [0.1, 0.15) is 10.4 Å². The Balaban J connectivity index is 3.30. The predicted molar refractivity (Wildman–Crippen MR) is 37.9 cm³/mol. The van der Waals surface area contributed by atoms with Crippen molar-refractivity contribution in [1.29, 1.82) is 0 Å². The molecule has 0 amide bonds. The largest absolute Gasteiger partial charge is 0.507 e. The zero-order valence-electron chi connectivity index (χ0n) is 5.24. The Kier molecular flexibility index (Phi) is 1.58. The van der Waals surface area contributed by atoms with E-state index < -0.39 is 0 Å². The van der Waals surface area contributed by atoms with Gasteiger partial charge in [0.2, 0.25) is 0 Å². The number of aromatic hydroxyl groups is 1. The van der Waals surface area contributed by atoms with Crippen LogP contribution < -0.4 is 5.73 Å². The molecule has 0 aliphatic carbocycles. The topological polar surface area (TPSA) is 63.3 Å². The monoisotopic (exact) mass is 137 g/mol. The summed E-state index contributed by atoms with van der Waals surface area (Å²) in [7, 11) is 0. The highest BCUT2D eigenvalue weighted by molar-refractivity contribution is 5.86. The molecule has 0 aliphatic rings. The van der Waals surface area contributed by atoms with Gasteiger partial charge in [0, 0.05) is 5.69 Å². The van der Waals surface area contributed by atoms with E-state index in [-0.39, 0.29) is 11.3 Å². The second-order valence-electron chi connectivity index (χ2n) is 1.90. The molecule has 0 heterocycles. The average Bonchev–Trinajstić information content (AvgIpc) is 1.88. The number of rotatable bonds is 1. The van der Waals surface area contributed by atoms with Crippen LogP contribution in [0, 0.1) is 0 Å². The first-order chi connectivity index (χ1) is 4.75. The van der Waals surface area contributed by atoms with Crippen molar-refractivity contribution < 1.29 is 9.90 Å². The molecule has 0 aromatic heterocycles. The zero-order valence-corrected chi connectivity index (χ0v) is 5.24. The maximum absolute atomic E-state index is 10.2.